The lowest BCUT2D eigenvalue weighted by molar-refractivity contribution is 0.0270. The maximum Gasteiger partial charge on any atom is 0.410 e. The van der Waals surface area contributed by atoms with E-state index in [1.807, 2.05) is 74.2 Å². The number of ether oxygens (including phenoxy) is 1. The van der Waals surface area contributed by atoms with Crippen LogP contribution in [0, 0.1) is 5.92 Å². The molecule has 2 aromatic heterocycles. The van der Waals surface area contributed by atoms with Crippen molar-refractivity contribution < 1.29 is 19.1 Å². The Labute approximate surface area is 244 Å². The van der Waals surface area contributed by atoms with Gasteiger partial charge in [0.25, 0.3) is 5.91 Å². The fraction of sp³-hybridized carbons (Fsp3) is 0.394. The predicted octanol–water partition coefficient (Wildman–Crippen LogP) is 7.02. The second kappa shape index (κ2) is 10.9. The molecule has 0 saturated heterocycles. The summed E-state index contributed by atoms with van der Waals surface area (Å²) in [4.78, 5) is 49.4. The summed E-state index contributed by atoms with van der Waals surface area (Å²) in [6.45, 7) is 7.07. The zero-order chi connectivity index (χ0) is 28.7. The zero-order valence-electron chi connectivity index (χ0n) is 23.8. The Kier molecular flexibility index (Phi) is 7.28. The first-order chi connectivity index (χ1) is 19.7. The number of anilines is 1. The van der Waals surface area contributed by atoms with Crippen LogP contribution in [0.2, 0.25) is 0 Å². The van der Waals surface area contributed by atoms with Gasteiger partial charge in [-0.25, -0.2) is 9.78 Å². The highest BCUT2D eigenvalue weighted by atomic mass is 32.1. The van der Waals surface area contributed by atoms with E-state index in [0.717, 1.165) is 50.7 Å². The van der Waals surface area contributed by atoms with Gasteiger partial charge in [-0.1, -0.05) is 30.3 Å². The van der Waals surface area contributed by atoms with Crippen LogP contribution in [0.4, 0.5) is 10.5 Å². The molecule has 0 unspecified atom stereocenters. The lowest BCUT2D eigenvalue weighted by Gasteiger charge is -2.29. The highest BCUT2D eigenvalue weighted by Gasteiger charge is 2.30. The van der Waals surface area contributed by atoms with Crippen molar-refractivity contribution in [1.29, 1.82) is 0 Å². The van der Waals surface area contributed by atoms with E-state index in [1.165, 1.54) is 0 Å². The first-order valence-corrected chi connectivity index (χ1v) is 15.2. The van der Waals surface area contributed by atoms with Crippen LogP contribution >= 0.6 is 11.3 Å². The third kappa shape index (κ3) is 5.98. The molecule has 4 heterocycles. The van der Waals surface area contributed by atoms with Gasteiger partial charge in [0.2, 0.25) is 0 Å². The maximum absolute atomic E-state index is 13.9. The van der Waals surface area contributed by atoms with Crippen molar-refractivity contribution in [3.63, 3.8) is 0 Å². The van der Waals surface area contributed by atoms with Crippen molar-refractivity contribution >= 4 is 40.4 Å². The van der Waals surface area contributed by atoms with Crippen LogP contribution in [0.3, 0.4) is 0 Å². The minimum absolute atomic E-state index is 0.147. The van der Waals surface area contributed by atoms with Gasteiger partial charge >= 0.3 is 6.09 Å². The molecule has 1 aliphatic carbocycles. The third-order valence-electron chi connectivity index (χ3n) is 7.70. The minimum Gasteiger partial charge on any atom is -0.444 e. The summed E-state index contributed by atoms with van der Waals surface area (Å²) in [6, 6.07) is 15.5. The van der Waals surface area contributed by atoms with Gasteiger partial charge in [0, 0.05) is 36.5 Å². The van der Waals surface area contributed by atoms with E-state index in [2.05, 4.69) is 0 Å². The number of Topliss-reactive ketones (excluding diaryl/α,β-unsaturated/α-hetero) is 1. The van der Waals surface area contributed by atoms with Crippen LogP contribution < -0.4 is 4.90 Å². The van der Waals surface area contributed by atoms with Crippen LogP contribution in [0.25, 0.3) is 16.0 Å². The number of benzene rings is 1. The van der Waals surface area contributed by atoms with Crippen molar-refractivity contribution in [2.75, 3.05) is 24.5 Å². The Morgan fingerprint density at radius 1 is 1.02 bits per heavy atom. The number of ketones is 1. The fourth-order valence-electron chi connectivity index (χ4n) is 5.39. The SMILES string of the molecule is CC(C)(C)OC(=O)N1CC=C(c2cccc(C(=O)N3CCc4cc(C(=O)CC5CC5)sc4-c4ccccc43)n2)CC1. The lowest BCUT2D eigenvalue weighted by atomic mass is 10.0. The highest BCUT2D eigenvalue weighted by molar-refractivity contribution is 7.17. The number of hydrogen-bond acceptors (Lipinski definition) is 6. The molecule has 2 aliphatic heterocycles. The second-order valence-corrected chi connectivity index (χ2v) is 13.1. The molecule has 1 fully saturated rings. The number of carbonyl (C=O) groups is 3. The van der Waals surface area contributed by atoms with E-state index >= 15 is 0 Å². The summed E-state index contributed by atoms with van der Waals surface area (Å²) in [7, 11) is 0. The summed E-state index contributed by atoms with van der Waals surface area (Å²) in [5, 5.41) is 0. The molecule has 6 rings (SSSR count). The minimum atomic E-state index is -0.538. The van der Waals surface area contributed by atoms with Gasteiger partial charge in [-0.3, -0.25) is 9.59 Å². The van der Waals surface area contributed by atoms with Crippen molar-refractivity contribution in [2.24, 2.45) is 5.92 Å². The van der Waals surface area contributed by atoms with E-state index < -0.39 is 5.60 Å². The zero-order valence-corrected chi connectivity index (χ0v) is 24.6. The fourth-order valence-corrected chi connectivity index (χ4v) is 6.59. The summed E-state index contributed by atoms with van der Waals surface area (Å²) < 4.78 is 5.50. The number of fused-ring (bicyclic) bond motifs is 3. The molecule has 3 aromatic rings. The summed E-state index contributed by atoms with van der Waals surface area (Å²) in [5.74, 6) is 0.649. The average Bonchev–Trinajstić information content (AvgIpc) is 3.70. The molecule has 2 amide bonds. The Morgan fingerprint density at radius 3 is 2.56 bits per heavy atom. The Hall–Kier alpha value is -3.78. The first-order valence-electron chi connectivity index (χ1n) is 14.4. The van der Waals surface area contributed by atoms with Crippen LogP contribution in [-0.2, 0) is 11.2 Å². The van der Waals surface area contributed by atoms with E-state index in [9.17, 15) is 14.4 Å². The molecule has 0 bridgehead atoms. The number of hydrogen-bond donors (Lipinski definition) is 0. The van der Waals surface area contributed by atoms with E-state index in [1.54, 1.807) is 22.3 Å². The average molecular weight is 570 g/mol. The predicted molar refractivity (Wildman–Crippen MR) is 161 cm³/mol. The van der Waals surface area contributed by atoms with Crippen molar-refractivity contribution in [3.05, 3.63) is 76.4 Å². The first kappa shape index (κ1) is 27.4. The molecule has 7 nitrogen and oxygen atoms in total. The standard InChI is InChI=1S/C33H35N3O4S/c1-33(2,3)40-32(39)35-16-13-22(14-17-35)25-8-6-9-26(34-25)31(38)36-18-15-23-20-29(28(37)19-21-11-12-21)41-30(23)24-7-4-5-10-27(24)36/h4-10,13,20-21H,11-12,14-19H2,1-3H3. The number of amides is 2. The van der Waals surface area contributed by atoms with Crippen LogP contribution in [0.5, 0.6) is 0 Å². The normalized spacial score (nSPS) is 16.8. The van der Waals surface area contributed by atoms with Gasteiger partial charge < -0.3 is 14.5 Å². The molecule has 0 spiro atoms. The van der Waals surface area contributed by atoms with Crippen LogP contribution in [0.15, 0.2) is 54.6 Å². The summed E-state index contributed by atoms with van der Waals surface area (Å²) >= 11 is 1.56. The molecule has 3 aliphatic rings. The van der Waals surface area contributed by atoms with Gasteiger partial charge in [-0.15, -0.1) is 11.3 Å². The second-order valence-electron chi connectivity index (χ2n) is 12.1. The van der Waals surface area contributed by atoms with E-state index in [4.69, 9.17) is 9.72 Å². The van der Waals surface area contributed by atoms with E-state index in [-0.39, 0.29) is 17.8 Å². The van der Waals surface area contributed by atoms with Crippen LogP contribution in [0.1, 0.15) is 77.9 Å². The van der Waals surface area contributed by atoms with E-state index in [0.29, 0.717) is 50.5 Å². The molecule has 1 aromatic carbocycles. The Morgan fingerprint density at radius 2 is 1.83 bits per heavy atom. The Bertz CT molecular complexity index is 1550. The molecule has 1 saturated carbocycles. The quantitative estimate of drug-likeness (QED) is 0.309. The molecular weight excluding hydrogens is 534 g/mol. The van der Waals surface area contributed by atoms with Crippen molar-refractivity contribution in [2.45, 2.75) is 58.5 Å². The number of para-hydroxylation sites is 1. The number of aromatic nitrogens is 1. The van der Waals surface area contributed by atoms with Gasteiger partial charge in [-0.2, -0.15) is 0 Å². The summed E-state index contributed by atoms with van der Waals surface area (Å²) in [6.07, 6.45) is 5.94. The van der Waals surface area contributed by atoms with Gasteiger partial charge in [0.15, 0.2) is 5.78 Å². The number of thiophene rings is 1. The molecule has 0 atom stereocenters. The number of carbonyl (C=O) groups excluding carboxylic acids is 3. The van der Waals surface area contributed by atoms with Crippen molar-refractivity contribution in [1.82, 2.24) is 9.88 Å². The highest BCUT2D eigenvalue weighted by Crippen LogP contribution is 2.43. The largest absolute Gasteiger partial charge is 0.444 e. The molecule has 0 radical (unpaired) electrons. The summed E-state index contributed by atoms with van der Waals surface area (Å²) in [5.41, 5.74) is 4.57. The molecule has 0 N–H and O–H groups in total. The maximum atomic E-state index is 13.9. The third-order valence-corrected chi connectivity index (χ3v) is 8.95. The smallest absolute Gasteiger partial charge is 0.410 e. The number of nitrogens with zero attached hydrogens (tertiary/aromatic N) is 3. The van der Waals surface area contributed by atoms with Gasteiger partial charge in [0.1, 0.15) is 11.3 Å². The van der Waals surface area contributed by atoms with Gasteiger partial charge in [-0.05, 0) is 87.8 Å². The molecule has 212 valence electrons. The van der Waals surface area contributed by atoms with Crippen molar-refractivity contribution in [3.8, 4) is 10.4 Å². The monoisotopic (exact) mass is 569 g/mol. The Balaban J connectivity index is 1.22. The lowest BCUT2D eigenvalue weighted by Crippen LogP contribution is -2.39. The van der Waals surface area contributed by atoms with Crippen LogP contribution in [-0.4, -0.2) is 52.9 Å². The number of pyridine rings is 1. The molecule has 8 heteroatoms. The molecule has 41 heavy (non-hydrogen) atoms. The van der Waals surface area contributed by atoms with Gasteiger partial charge in [0.05, 0.1) is 16.3 Å². The molecular formula is C33H35N3O4S. The topological polar surface area (TPSA) is 79.8 Å². The number of rotatable bonds is 5.